The van der Waals surface area contributed by atoms with E-state index in [4.69, 9.17) is 9.57 Å². The van der Waals surface area contributed by atoms with Crippen LogP contribution in [0.15, 0.2) is 0 Å². The standard InChI is InChI=1S/C10H17NO3/c1-8-7-13-6-3-9(8)10(12)11-4-2-5-14-11/h8-9H,2-7H2,1H3. The predicted molar refractivity (Wildman–Crippen MR) is 50.4 cm³/mol. The Morgan fingerprint density at radius 1 is 1.43 bits per heavy atom. The molecular weight excluding hydrogens is 182 g/mol. The van der Waals surface area contributed by atoms with Crippen LogP contribution in [0.5, 0.6) is 0 Å². The molecule has 2 heterocycles. The van der Waals surface area contributed by atoms with Gasteiger partial charge < -0.3 is 4.74 Å². The average Bonchev–Trinajstić information content (AvgIpc) is 2.70. The van der Waals surface area contributed by atoms with Gasteiger partial charge in [-0.05, 0) is 18.8 Å². The Balaban J connectivity index is 1.94. The summed E-state index contributed by atoms with van der Waals surface area (Å²) in [6.45, 7) is 4.91. The molecule has 1 amide bonds. The fourth-order valence-corrected chi connectivity index (χ4v) is 2.05. The number of hydrogen-bond donors (Lipinski definition) is 0. The second-order valence-corrected chi connectivity index (χ2v) is 4.07. The third-order valence-electron chi connectivity index (χ3n) is 2.96. The van der Waals surface area contributed by atoms with E-state index >= 15 is 0 Å². The van der Waals surface area contributed by atoms with E-state index < -0.39 is 0 Å². The van der Waals surface area contributed by atoms with Crippen molar-refractivity contribution in [3.05, 3.63) is 0 Å². The lowest BCUT2D eigenvalue weighted by molar-refractivity contribution is -0.178. The third kappa shape index (κ3) is 1.91. The van der Waals surface area contributed by atoms with Crippen molar-refractivity contribution in [3.63, 3.8) is 0 Å². The Morgan fingerprint density at radius 2 is 2.29 bits per heavy atom. The van der Waals surface area contributed by atoms with Crippen LogP contribution in [0, 0.1) is 11.8 Å². The SMILES string of the molecule is CC1COCCC1C(=O)N1CCCO1. The van der Waals surface area contributed by atoms with Gasteiger partial charge in [0.2, 0.25) is 5.91 Å². The van der Waals surface area contributed by atoms with Crippen LogP contribution in [0.3, 0.4) is 0 Å². The van der Waals surface area contributed by atoms with Crippen molar-refractivity contribution in [2.45, 2.75) is 19.8 Å². The number of hydroxylamine groups is 2. The highest BCUT2D eigenvalue weighted by atomic mass is 16.7. The second-order valence-electron chi connectivity index (χ2n) is 4.07. The first-order valence-corrected chi connectivity index (χ1v) is 5.31. The molecule has 2 aliphatic heterocycles. The molecule has 2 atom stereocenters. The van der Waals surface area contributed by atoms with Crippen LogP contribution < -0.4 is 0 Å². The van der Waals surface area contributed by atoms with E-state index in [9.17, 15) is 4.79 Å². The van der Waals surface area contributed by atoms with Crippen molar-refractivity contribution in [3.8, 4) is 0 Å². The molecule has 0 radical (unpaired) electrons. The Labute approximate surface area is 84.1 Å². The van der Waals surface area contributed by atoms with Gasteiger partial charge in [-0.2, -0.15) is 0 Å². The summed E-state index contributed by atoms with van der Waals surface area (Å²) in [5.41, 5.74) is 0. The minimum atomic E-state index is 0.0989. The van der Waals surface area contributed by atoms with E-state index in [0.29, 0.717) is 25.7 Å². The zero-order valence-electron chi connectivity index (χ0n) is 8.57. The maximum absolute atomic E-state index is 12.0. The summed E-state index contributed by atoms with van der Waals surface area (Å²) in [5.74, 6) is 0.570. The Kier molecular flexibility index (Phi) is 3.03. The zero-order chi connectivity index (χ0) is 9.97. The van der Waals surface area contributed by atoms with Gasteiger partial charge in [0, 0.05) is 19.1 Å². The molecule has 4 heteroatoms. The van der Waals surface area contributed by atoms with Crippen molar-refractivity contribution in [1.29, 1.82) is 0 Å². The zero-order valence-corrected chi connectivity index (χ0v) is 8.57. The van der Waals surface area contributed by atoms with E-state index in [1.54, 1.807) is 0 Å². The van der Waals surface area contributed by atoms with E-state index in [1.807, 2.05) is 0 Å². The van der Waals surface area contributed by atoms with Crippen molar-refractivity contribution >= 4 is 5.91 Å². The molecule has 0 aromatic carbocycles. The fourth-order valence-electron chi connectivity index (χ4n) is 2.05. The summed E-state index contributed by atoms with van der Waals surface area (Å²) < 4.78 is 5.31. The summed E-state index contributed by atoms with van der Waals surface area (Å²) in [5, 5.41) is 1.53. The van der Waals surface area contributed by atoms with Crippen LogP contribution in [0.1, 0.15) is 19.8 Å². The van der Waals surface area contributed by atoms with E-state index in [0.717, 1.165) is 19.4 Å². The third-order valence-corrected chi connectivity index (χ3v) is 2.96. The van der Waals surface area contributed by atoms with Gasteiger partial charge >= 0.3 is 0 Å². The highest BCUT2D eigenvalue weighted by molar-refractivity contribution is 5.78. The predicted octanol–water partition coefficient (Wildman–Crippen LogP) is 0.823. The quantitative estimate of drug-likeness (QED) is 0.627. The first-order chi connectivity index (χ1) is 6.79. The monoisotopic (exact) mass is 199 g/mol. The molecule has 0 aromatic heterocycles. The van der Waals surface area contributed by atoms with Crippen LogP contribution >= 0.6 is 0 Å². The lowest BCUT2D eigenvalue weighted by Crippen LogP contribution is -2.40. The Bertz CT molecular complexity index is 213. The normalized spacial score (nSPS) is 33.4. The first kappa shape index (κ1) is 9.93. The number of carbonyl (C=O) groups excluding carboxylic acids is 1. The number of amides is 1. The highest BCUT2D eigenvalue weighted by Gasteiger charge is 2.33. The van der Waals surface area contributed by atoms with Gasteiger partial charge in [0.25, 0.3) is 0 Å². The van der Waals surface area contributed by atoms with Crippen molar-refractivity contribution < 1.29 is 14.4 Å². The summed E-state index contributed by atoms with van der Waals surface area (Å²) in [4.78, 5) is 17.2. The molecule has 80 valence electrons. The van der Waals surface area contributed by atoms with Gasteiger partial charge in [-0.3, -0.25) is 9.63 Å². The maximum Gasteiger partial charge on any atom is 0.249 e. The molecule has 0 aliphatic carbocycles. The minimum Gasteiger partial charge on any atom is -0.381 e. The first-order valence-electron chi connectivity index (χ1n) is 5.31. The summed E-state index contributed by atoms with van der Waals surface area (Å²) >= 11 is 0. The van der Waals surface area contributed by atoms with Gasteiger partial charge in [-0.15, -0.1) is 0 Å². The van der Waals surface area contributed by atoms with Crippen LogP contribution in [-0.4, -0.2) is 37.3 Å². The lowest BCUT2D eigenvalue weighted by Gasteiger charge is -2.30. The maximum atomic E-state index is 12.0. The number of rotatable bonds is 1. The van der Waals surface area contributed by atoms with Crippen molar-refractivity contribution in [2.75, 3.05) is 26.4 Å². The van der Waals surface area contributed by atoms with Crippen molar-refractivity contribution in [2.24, 2.45) is 11.8 Å². The Morgan fingerprint density at radius 3 is 2.93 bits per heavy atom. The van der Waals surface area contributed by atoms with Crippen molar-refractivity contribution in [1.82, 2.24) is 5.06 Å². The molecule has 14 heavy (non-hydrogen) atoms. The van der Waals surface area contributed by atoms with Crippen LogP contribution in [-0.2, 0) is 14.4 Å². The summed E-state index contributed by atoms with van der Waals surface area (Å²) in [6, 6.07) is 0. The van der Waals surface area contributed by atoms with E-state index in [-0.39, 0.29) is 11.8 Å². The van der Waals surface area contributed by atoms with E-state index in [2.05, 4.69) is 6.92 Å². The lowest BCUT2D eigenvalue weighted by atomic mass is 9.89. The summed E-state index contributed by atoms with van der Waals surface area (Å²) in [7, 11) is 0. The fraction of sp³-hybridized carbons (Fsp3) is 0.900. The molecule has 4 nitrogen and oxygen atoms in total. The molecule has 2 fully saturated rings. The molecule has 2 rings (SSSR count). The highest BCUT2D eigenvalue weighted by Crippen LogP contribution is 2.24. The molecular formula is C10H17NO3. The van der Waals surface area contributed by atoms with Crippen LogP contribution in [0.4, 0.5) is 0 Å². The number of hydrogen-bond acceptors (Lipinski definition) is 3. The molecule has 0 bridgehead atoms. The van der Waals surface area contributed by atoms with Crippen LogP contribution in [0.25, 0.3) is 0 Å². The van der Waals surface area contributed by atoms with Gasteiger partial charge in [0.15, 0.2) is 0 Å². The topological polar surface area (TPSA) is 38.8 Å². The molecule has 0 spiro atoms. The average molecular weight is 199 g/mol. The minimum absolute atomic E-state index is 0.0989. The van der Waals surface area contributed by atoms with Crippen LogP contribution in [0.2, 0.25) is 0 Å². The van der Waals surface area contributed by atoms with Gasteiger partial charge in [-0.1, -0.05) is 6.92 Å². The number of ether oxygens (including phenoxy) is 1. The second kappa shape index (κ2) is 4.28. The van der Waals surface area contributed by atoms with Gasteiger partial charge in [0.05, 0.1) is 13.2 Å². The molecule has 0 aromatic rings. The largest absolute Gasteiger partial charge is 0.381 e. The number of nitrogens with zero attached hydrogens (tertiary/aromatic N) is 1. The molecule has 2 aliphatic rings. The molecule has 2 saturated heterocycles. The molecule has 0 N–H and O–H groups in total. The van der Waals surface area contributed by atoms with Gasteiger partial charge in [-0.25, -0.2) is 5.06 Å². The Hall–Kier alpha value is -0.610. The number of carbonyl (C=O) groups is 1. The summed E-state index contributed by atoms with van der Waals surface area (Å²) in [6.07, 6.45) is 1.79. The molecule has 2 unspecified atom stereocenters. The smallest absolute Gasteiger partial charge is 0.249 e. The molecule has 0 saturated carbocycles. The van der Waals surface area contributed by atoms with Gasteiger partial charge in [0.1, 0.15) is 0 Å². The van der Waals surface area contributed by atoms with E-state index in [1.165, 1.54) is 5.06 Å².